The molecule has 6 aromatic heterocycles. The first kappa shape index (κ1) is 59.7. The first-order chi connectivity index (χ1) is 40.8. The summed E-state index contributed by atoms with van der Waals surface area (Å²) in [5.74, 6) is 1.42. The number of likely N-dealkylation sites (tertiary alicyclic amines) is 1. The van der Waals surface area contributed by atoms with Crippen molar-refractivity contribution < 1.29 is 32.3 Å². The van der Waals surface area contributed by atoms with Gasteiger partial charge in [-0.25, -0.2) is 28.4 Å². The van der Waals surface area contributed by atoms with Crippen LogP contribution < -0.4 is 10.2 Å². The number of ether oxygens (including phenoxy) is 1. The van der Waals surface area contributed by atoms with E-state index in [1.807, 2.05) is 49.5 Å². The van der Waals surface area contributed by atoms with Gasteiger partial charge in [0.25, 0.3) is 11.1 Å². The smallest absolute Gasteiger partial charge is 0.290 e. The second-order valence-electron chi connectivity index (χ2n) is 22.2. The topological polar surface area (TPSA) is 226 Å². The minimum atomic E-state index is -3.13. The average Bonchev–Trinajstić information content (AvgIpc) is 2.37. The van der Waals surface area contributed by atoms with Crippen LogP contribution >= 0.6 is 45.8 Å². The Kier molecular flexibility index (Phi) is 17.9. The van der Waals surface area contributed by atoms with Crippen molar-refractivity contribution in [2.45, 2.75) is 78.4 Å². The third kappa shape index (κ3) is 13.8. The van der Waals surface area contributed by atoms with Crippen molar-refractivity contribution in [2.24, 2.45) is 4.99 Å². The molecule has 0 saturated carbocycles. The van der Waals surface area contributed by atoms with Crippen LogP contribution in [0.2, 0.25) is 0 Å². The van der Waals surface area contributed by atoms with Crippen LogP contribution in [0.5, 0.6) is 0 Å². The van der Waals surface area contributed by atoms with E-state index in [0.29, 0.717) is 44.3 Å². The van der Waals surface area contributed by atoms with Crippen molar-refractivity contribution in [3.8, 4) is 33.1 Å². The molecule has 5 aliphatic rings. The van der Waals surface area contributed by atoms with Gasteiger partial charge in [-0.2, -0.15) is 4.31 Å². The monoisotopic (exact) mass is 1240 g/mol. The highest BCUT2D eigenvalue weighted by atomic mass is 32.2. The van der Waals surface area contributed by atoms with Crippen LogP contribution in [0.15, 0.2) is 94.5 Å². The zero-order chi connectivity index (χ0) is 59.6. The Bertz CT molecular complexity index is 4030. The van der Waals surface area contributed by atoms with Crippen LogP contribution in [-0.4, -0.2) is 153 Å². The van der Waals surface area contributed by atoms with Crippen LogP contribution in [0.25, 0.3) is 60.3 Å². The van der Waals surface area contributed by atoms with Gasteiger partial charge in [-0.3, -0.25) is 44.4 Å². The number of fused-ring (bicyclic) bond motifs is 3. The summed E-state index contributed by atoms with van der Waals surface area (Å²) in [6, 6.07) is 19.8. The van der Waals surface area contributed by atoms with E-state index in [1.165, 1.54) is 28.0 Å². The molecular formula is C61H64N12O7S5. The van der Waals surface area contributed by atoms with Crippen LogP contribution in [-0.2, 0) is 54.1 Å². The van der Waals surface area contributed by atoms with Gasteiger partial charge in [0.05, 0.1) is 80.4 Å². The largest absolute Gasteiger partial charge is 0.378 e. The van der Waals surface area contributed by atoms with Gasteiger partial charge in [0.15, 0.2) is 17.4 Å². The number of amides is 3. The summed E-state index contributed by atoms with van der Waals surface area (Å²) in [5, 5.41) is 6.86. The molecule has 0 unspecified atom stereocenters. The molecule has 11 heterocycles. The molecule has 2 aromatic carbocycles. The molecule has 0 bridgehead atoms. The van der Waals surface area contributed by atoms with Crippen molar-refractivity contribution in [1.82, 2.24) is 49.3 Å². The molecule has 4 fully saturated rings. The number of imide groups is 1. The number of hydrogen-bond acceptors (Lipinski definition) is 20. The van der Waals surface area contributed by atoms with Gasteiger partial charge < -0.3 is 14.5 Å². The number of carbonyl (C=O) groups is 4. The fourth-order valence-electron chi connectivity index (χ4n) is 10.7. The standard InChI is InChI=1S/C24H28N6O3S2.C19H25N3O2S2.C18H11N3O2S/c1-35(31,32)30-7-5-28(6-8-30)16-18-13-21-22(34-18)24(29-9-11-33-12-10-29)27-23(26-21)19-4-2-3-17-14-25-15-20(17)19;1-11-17(13-10-25-18(21-13)19(3,4)5)26-15(20-11)9-16(24)22-8-6-7-14(22)12(2)23;22-17-16(24-18(23)21-17)10-11-1-2-15-14(9-11)13(5-8-20-15)12-3-6-19-7-4-12/h2-4,13,15H,5-12,14,16H2,1H3;10,14H,6-9H2,1-5H3;1-10H,(H,21,22,23)/b;;16-10-/t;14-;/m.0./s1. The van der Waals surface area contributed by atoms with E-state index in [2.05, 4.69) is 85.5 Å². The molecule has 440 valence electrons. The number of carbonyl (C=O) groups excluding carboxylic acids is 4. The number of thiophene rings is 1. The van der Waals surface area contributed by atoms with Crippen molar-refractivity contribution in [2.75, 3.05) is 70.2 Å². The number of aliphatic imine (C=N–C) groups is 1. The Hall–Kier alpha value is -7.03. The Morgan fingerprint density at radius 3 is 2.38 bits per heavy atom. The van der Waals surface area contributed by atoms with Crippen molar-refractivity contribution in [3.63, 3.8) is 0 Å². The Morgan fingerprint density at radius 2 is 1.66 bits per heavy atom. The lowest BCUT2D eigenvalue weighted by molar-refractivity contribution is -0.136. The number of aryl methyl sites for hydroxylation is 1. The summed E-state index contributed by atoms with van der Waals surface area (Å²) in [7, 11) is -3.13. The number of ketones is 1. The maximum absolute atomic E-state index is 12.6. The number of Topliss-reactive ketones (excluding diaryl/α,β-unsaturated/α-hetero) is 1. The SMILES string of the molecule is CC(=O)[C@@H]1CCCN1C(=O)Cc1nc(C)c(-c2csc(C(C)(C)C)n2)s1.CS(=O)(=O)N1CCN(Cc2cc3nc(-c4cccc5c4C=NC5)nc(N4CCOCC4)c3s2)CC1.O=C1NC(=O)/C(=C/c2ccc3nccc(-c4ccncc4)c3c2)S1. The fraction of sp³-hybridized carbons (Fsp3) is 0.361. The quantitative estimate of drug-likeness (QED) is 0.119. The maximum Gasteiger partial charge on any atom is 0.290 e. The Labute approximate surface area is 509 Å². The Morgan fingerprint density at radius 1 is 0.871 bits per heavy atom. The van der Waals surface area contributed by atoms with Gasteiger partial charge >= 0.3 is 0 Å². The van der Waals surface area contributed by atoms with E-state index in [4.69, 9.17) is 19.7 Å². The lowest BCUT2D eigenvalue weighted by Gasteiger charge is -2.32. The molecule has 0 radical (unpaired) electrons. The molecule has 1 atom stereocenters. The van der Waals surface area contributed by atoms with Gasteiger partial charge in [0.1, 0.15) is 5.01 Å². The van der Waals surface area contributed by atoms with E-state index >= 15 is 0 Å². The number of benzene rings is 2. The zero-order valence-electron chi connectivity index (χ0n) is 48.0. The average molecular weight is 1240 g/mol. The number of morpholine rings is 1. The second-order valence-corrected chi connectivity index (χ2v) is 28.3. The molecule has 13 rings (SSSR count). The van der Waals surface area contributed by atoms with Crippen LogP contribution in [0.1, 0.15) is 77.8 Å². The summed E-state index contributed by atoms with van der Waals surface area (Å²) >= 11 is 5.85. The molecule has 5 aliphatic heterocycles. The van der Waals surface area contributed by atoms with E-state index in [0.717, 1.165) is 144 Å². The normalized spacial score (nSPS) is 18.0. The summed E-state index contributed by atoms with van der Waals surface area (Å²) in [6.45, 7) is 17.7. The first-order valence-corrected chi connectivity index (χ1v) is 33.2. The van der Waals surface area contributed by atoms with Crippen molar-refractivity contribution in [1.29, 1.82) is 0 Å². The number of hydrogen-bond donors (Lipinski definition) is 1. The third-order valence-corrected chi connectivity index (χ3v) is 20.7. The number of sulfonamides is 1. The highest BCUT2D eigenvalue weighted by molar-refractivity contribution is 8.18. The summed E-state index contributed by atoms with van der Waals surface area (Å²) < 4.78 is 32.0. The molecule has 8 aromatic rings. The van der Waals surface area contributed by atoms with Crippen molar-refractivity contribution in [3.05, 3.63) is 127 Å². The Balaban J connectivity index is 0.000000136. The fourth-order valence-corrected chi connectivity index (χ4v) is 15.4. The van der Waals surface area contributed by atoms with Gasteiger partial charge in [-0.15, -0.1) is 34.0 Å². The second kappa shape index (κ2) is 25.5. The van der Waals surface area contributed by atoms with E-state index in [9.17, 15) is 27.6 Å². The predicted octanol–water partition coefficient (Wildman–Crippen LogP) is 9.82. The van der Waals surface area contributed by atoms with Crippen LogP contribution in [0.4, 0.5) is 10.6 Å². The minimum Gasteiger partial charge on any atom is -0.378 e. The maximum atomic E-state index is 12.6. The molecule has 3 amide bonds. The molecule has 0 aliphatic carbocycles. The third-order valence-electron chi connectivity index (χ3n) is 15.1. The number of thioether (sulfide) groups is 1. The summed E-state index contributed by atoms with van der Waals surface area (Å²) in [5.41, 5.74) is 9.97. The molecular weight excluding hydrogens is 1170 g/mol. The summed E-state index contributed by atoms with van der Waals surface area (Å²) in [6.07, 6.45) is 12.1. The van der Waals surface area contributed by atoms with Crippen LogP contribution in [0.3, 0.4) is 0 Å². The number of piperazine rings is 1. The zero-order valence-corrected chi connectivity index (χ0v) is 52.1. The molecule has 85 heavy (non-hydrogen) atoms. The number of aromatic nitrogens is 6. The number of nitrogens with zero attached hydrogens (tertiary/aromatic N) is 11. The number of anilines is 1. The van der Waals surface area contributed by atoms with Crippen LogP contribution in [0, 0.1) is 6.92 Å². The van der Waals surface area contributed by atoms with E-state index < -0.39 is 10.0 Å². The molecule has 1 N–H and O–H groups in total. The van der Waals surface area contributed by atoms with Gasteiger partial charge in [0, 0.05) is 109 Å². The number of nitrogens with one attached hydrogen (secondary N) is 1. The van der Waals surface area contributed by atoms with Crippen molar-refractivity contribution >= 4 is 118 Å². The molecule has 24 heteroatoms. The highest BCUT2D eigenvalue weighted by Crippen LogP contribution is 2.38. The number of pyridine rings is 2. The van der Waals surface area contributed by atoms with Gasteiger partial charge in [-0.05, 0) is 103 Å². The van der Waals surface area contributed by atoms with E-state index in [-0.39, 0.29) is 40.7 Å². The lowest BCUT2D eigenvalue weighted by atomic mass is 9.98. The van der Waals surface area contributed by atoms with E-state index in [1.54, 1.807) is 63.5 Å². The molecule has 0 spiro atoms. The summed E-state index contributed by atoms with van der Waals surface area (Å²) in [4.78, 5) is 88.7. The number of thiazole rings is 2. The van der Waals surface area contributed by atoms with Gasteiger partial charge in [0.2, 0.25) is 15.9 Å². The minimum absolute atomic E-state index is 0.00309. The molecule has 19 nitrogen and oxygen atoms in total. The number of rotatable bonds is 11. The molecule has 4 saturated heterocycles. The first-order valence-electron chi connectivity index (χ1n) is 28.0. The highest BCUT2D eigenvalue weighted by Gasteiger charge is 2.33. The lowest BCUT2D eigenvalue weighted by Crippen LogP contribution is -2.47. The predicted molar refractivity (Wildman–Crippen MR) is 339 cm³/mol. The van der Waals surface area contributed by atoms with Gasteiger partial charge in [-0.1, -0.05) is 45.0 Å².